The van der Waals surface area contributed by atoms with E-state index in [9.17, 15) is 26.3 Å². The van der Waals surface area contributed by atoms with E-state index in [-0.39, 0.29) is 90.0 Å². The molecule has 0 amide bonds. The van der Waals surface area contributed by atoms with Crippen LogP contribution in [0.25, 0.3) is 67.1 Å². The zero-order chi connectivity index (χ0) is 72.0. The third-order valence-electron chi connectivity index (χ3n) is 19.3. The van der Waals surface area contributed by atoms with Crippen molar-refractivity contribution >= 4 is 84.7 Å². The fourth-order valence-electron chi connectivity index (χ4n) is 14.5. The normalized spacial score (nSPS) is 13.4. The number of rotatable bonds is 18. The molecule has 6 aromatic carbocycles. The second kappa shape index (κ2) is 27.4. The molecule has 0 radical (unpaired) electrons. The highest BCUT2D eigenvalue weighted by Crippen LogP contribution is 2.48. The summed E-state index contributed by atoms with van der Waals surface area (Å²) in [6, 6.07) is 22.9. The molecule has 0 aliphatic carbocycles. The number of ether oxygens (including phenoxy) is 2. The van der Waals surface area contributed by atoms with E-state index in [1.807, 2.05) is 109 Å². The lowest BCUT2D eigenvalue weighted by atomic mass is 9.93. The topological polar surface area (TPSA) is 139 Å². The van der Waals surface area contributed by atoms with E-state index in [4.69, 9.17) is 19.7 Å². The summed E-state index contributed by atoms with van der Waals surface area (Å²) < 4.78 is 171. The van der Waals surface area contributed by atoms with Crippen LogP contribution in [0.1, 0.15) is 111 Å². The summed E-state index contributed by atoms with van der Waals surface area (Å²) in [6.07, 6.45) is -0.281. The molecule has 0 spiro atoms. The first-order valence-corrected chi connectivity index (χ1v) is 35.9. The lowest BCUT2D eigenvalue weighted by molar-refractivity contribution is -0.138. The van der Waals surface area contributed by atoms with Gasteiger partial charge in [-0.3, -0.25) is 4.79 Å². The monoisotopic (exact) mass is 1620 g/mol. The molecule has 0 fully saturated rings. The number of anilines is 2. The Morgan fingerprint density at radius 1 is 0.500 bits per heavy atom. The van der Waals surface area contributed by atoms with Gasteiger partial charge in [-0.1, -0.05) is 109 Å². The number of hydrogen-bond acceptors (Lipinski definition) is 11. The number of para-hydroxylation sites is 2. The molecule has 15 nitrogen and oxygen atoms in total. The summed E-state index contributed by atoms with van der Waals surface area (Å²) in [4.78, 5) is 35.8. The fourth-order valence-corrected chi connectivity index (χ4v) is 16.0. The summed E-state index contributed by atoms with van der Waals surface area (Å²) in [5, 5.41) is 11.3. The van der Waals surface area contributed by atoms with Crippen molar-refractivity contribution in [2.75, 3.05) is 37.1 Å². The number of aromatic nitrogens is 10. The molecule has 14 rings (SSSR count). The van der Waals surface area contributed by atoms with E-state index in [0.29, 0.717) is 107 Å². The molecule has 0 unspecified atom stereocenters. The second-order valence-electron chi connectivity index (χ2n) is 24.7. The van der Waals surface area contributed by atoms with Crippen molar-refractivity contribution in [3.8, 4) is 56.8 Å². The van der Waals surface area contributed by atoms with E-state index in [1.165, 1.54) is 47.6 Å². The molecule has 6 aromatic heterocycles. The molecule has 0 bridgehead atoms. The average Bonchev–Trinajstić information content (AvgIpc) is 1.63. The zero-order valence-electron chi connectivity index (χ0n) is 55.7. The van der Waals surface area contributed by atoms with Crippen LogP contribution in [0.3, 0.4) is 0 Å². The molecule has 102 heavy (non-hydrogen) atoms. The predicted molar refractivity (Wildman–Crippen MR) is 385 cm³/mol. The van der Waals surface area contributed by atoms with Crippen molar-refractivity contribution in [3.05, 3.63) is 224 Å². The number of carbonyl (C=O) groups is 1. The molecule has 0 atom stereocenters. The minimum Gasteiger partial charge on any atom is -0.492 e. The van der Waals surface area contributed by atoms with Gasteiger partial charge in [0, 0.05) is 140 Å². The summed E-state index contributed by atoms with van der Waals surface area (Å²) >= 11 is 4.07. The highest BCUT2D eigenvalue weighted by atomic mass is 127. The van der Waals surface area contributed by atoms with Gasteiger partial charge in [-0.25, -0.2) is 46.9 Å². The van der Waals surface area contributed by atoms with Crippen LogP contribution in [0.4, 0.5) is 55.8 Å². The van der Waals surface area contributed by atoms with E-state index >= 15 is 22.4 Å². The zero-order valence-corrected chi connectivity index (χ0v) is 60.0. The number of halogens is 12. The SMILES string of the molecule is CCc1cccc(CC)c1-n1nc2c(c1-c1cc(F)c(OC)c3c1ccn3-c1c(F)ccc(C(=O)c3ccc(F)c(-n4ccc5c(-c6c7c(nn6-c6c(CC)cccc6CC)CCN(c6ncc(C(F)(F)F)cn6)C7)cc(F)c(OC)c54)c3CI)c1CI)CN(c1ncc(C(F)(F)F)cn1)CC2. The lowest BCUT2D eigenvalue weighted by Crippen LogP contribution is -2.31. The molecular weight excluding hydrogens is 1560 g/mol. The molecule has 2 aliphatic rings. The number of ketones is 1. The molecular formula is C75H62F10I2N12O3. The van der Waals surface area contributed by atoms with Gasteiger partial charge in [0.15, 0.2) is 28.9 Å². The molecule has 524 valence electrons. The van der Waals surface area contributed by atoms with Crippen molar-refractivity contribution in [3.63, 3.8) is 0 Å². The number of carbonyl (C=O) groups excluding carboxylic acids is 1. The Morgan fingerprint density at radius 2 is 0.863 bits per heavy atom. The van der Waals surface area contributed by atoms with E-state index in [1.54, 1.807) is 43.7 Å². The van der Waals surface area contributed by atoms with Crippen molar-refractivity contribution in [2.24, 2.45) is 0 Å². The third kappa shape index (κ3) is 11.8. The fraction of sp³-hybridized carbons (Fsp3) is 0.267. The Hall–Kier alpha value is -9.39. The minimum atomic E-state index is -4.67. The van der Waals surface area contributed by atoms with Gasteiger partial charge in [0.2, 0.25) is 11.9 Å². The quantitative estimate of drug-likeness (QED) is 0.0351. The van der Waals surface area contributed by atoms with Crippen LogP contribution in [0.2, 0.25) is 0 Å². The maximum absolute atomic E-state index is 17.5. The highest BCUT2D eigenvalue weighted by molar-refractivity contribution is 14.1. The smallest absolute Gasteiger partial charge is 0.419 e. The Balaban J connectivity index is 0.910. The summed E-state index contributed by atoms with van der Waals surface area (Å²) in [5.74, 6) is -4.27. The molecule has 0 saturated carbocycles. The summed E-state index contributed by atoms with van der Waals surface area (Å²) in [6.45, 7) is 8.75. The second-order valence-corrected chi connectivity index (χ2v) is 26.3. The first-order valence-electron chi connectivity index (χ1n) is 32.9. The number of benzene rings is 6. The first-order chi connectivity index (χ1) is 49.1. The van der Waals surface area contributed by atoms with E-state index < -0.39 is 52.5 Å². The maximum Gasteiger partial charge on any atom is 0.419 e. The van der Waals surface area contributed by atoms with Crippen molar-refractivity contribution in [1.82, 2.24) is 48.6 Å². The first kappa shape index (κ1) is 69.7. The molecule has 2 aliphatic heterocycles. The van der Waals surface area contributed by atoms with Crippen LogP contribution < -0.4 is 19.3 Å². The lowest BCUT2D eigenvalue weighted by Gasteiger charge is -2.27. The number of methoxy groups -OCH3 is 2. The minimum absolute atomic E-state index is 0.0127. The Labute approximate surface area is 605 Å². The summed E-state index contributed by atoms with van der Waals surface area (Å²) in [5.41, 5.74) is 7.76. The van der Waals surface area contributed by atoms with Gasteiger partial charge in [0.25, 0.3) is 0 Å². The van der Waals surface area contributed by atoms with Gasteiger partial charge in [0.05, 0.1) is 81.9 Å². The largest absolute Gasteiger partial charge is 0.492 e. The van der Waals surface area contributed by atoms with E-state index in [0.717, 1.165) is 70.5 Å². The number of hydrogen-bond donors (Lipinski definition) is 0. The number of nitrogens with zero attached hydrogens (tertiary/aromatic N) is 12. The van der Waals surface area contributed by atoms with Gasteiger partial charge >= 0.3 is 12.4 Å². The molecule has 0 saturated heterocycles. The van der Waals surface area contributed by atoms with Gasteiger partial charge in [-0.05, 0) is 96.5 Å². The van der Waals surface area contributed by atoms with Gasteiger partial charge in [-0.15, -0.1) is 0 Å². The predicted octanol–water partition coefficient (Wildman–Crippen LogP) is 17.9. The number of alkyl halides is 8. The van der Waals surface area contributed by atoms with Crippen LogP contribution in [-0.2, 0) is 72.8 Å². The van der Waals surface area contributed by atoms with E-state index in [2.05, 4.69) is 19.9 Å². The Bertz CT molecular complexity index is 4950. The Morgan fingerprint density at radius 3 is 1.19 bits per heavy atom. The maximum atomic E-state index is 17.5. The Kier molecular flexibility index (Phi) is 18.7. The number of fused-ring (bicyclic) bond motifs is 4. The third-order valence-corrected chi connectivity index (χ3v) is 20.8. The highest BCUT2D eigenvalue weighted by Gasteiger charge is 2.38. The van der Waals surface area contributed by atoms with Gasteiger partial charge in [0.1, 0.15) is 11.6 Å². The average molecular weight is 1620 g/mol. The number of aryl methyl sites for hydroxylation is 4. The molecule has 0 N–H and O–H groups in total. The molecule has 27 heteroatoms. The van der Waals surface area contributed by atoms with Crippen LogP contribution in [0.5, 0.6) is 11.5 Å². The summed E-state index contributed by atoms with van der Waals surface area (Å²) in [7, 11) is 2.57. The van der Waals surface area contributed by atoms with Gasteiger partial charge in [-0.2, -0.15) is 36.5 Å². The molecule has 12 aromatic rings. The van der Waals surface area contributed by atoms with Crippen molar-refractivity contribution < 1.29 is 58.2 Å². The van der Waals surface area contributed by atoms with Crippen LogP contribution >= 0.6 is 45.2 Å². The van der Waals surface area contributed by atoms with Crippen LogP contribution in [-0.4, -0.2) is 81.7 Å². The molecule has 8 heterocycles. The van der Waals surface area contributed by atoms with Crippen LogP contribution in [0, 0.1) is 23.3 Å². The van der Waals surface area contributed by atoms with Crippen molar-refractivity contribution in [2.45, 2.75) is 101 Å². The van der Waals surface area contributed by atoms with Crippen molar-refractivity contribution in [1.29, 1.82) is 0 Å². The van der Waals surface area contributed by atoms with Gasteiger partial charge < -0.3 is 28.4 Å². The standard InChI is InChI=1S/C75H62F10I2N12O3/c1-7-39-13-11-14-40(8-2)61(39)98-63(53-37-94(25-23-59(53)92-98)72-88-33-43(34-89-72)74(80,81)82)49-29-57(78)70(101-5)67-45(49)21-27-96(67)65-51(31-86)47(17-19-55(65)76)69(100)48-18-20-56(77)66(52(48)32-87)97-28-22-46-50(30-58(79)71(102-6)68(46)97)64-54-38-95(73-90-35-44(36-91-73)75(83,84)85)26-24-60(54)93-99(64)62-41(9-3)15-12-16-42(62)10-4/h11-22,27-30,33-36H,7-10,23-26,31-32,37-38H2,1-6H3. The van der Waals surface area contributed by atoms with Crippen LogP contribution in [0.15, 0.2) is 122 Å².